The Morgan fingerprint density at radius 1 is 1.23 bits per heavy atom. The van der Waals surface area contributed by atoms with Crippen molar-refractivity contribution in [2.75, 3.05) is 7.11 Å². The molecule has 0 amide bonds. The maximum atomic E-state index is 11.6. The molecule has 0 radical (unpaired) electrons. The van der Waals surface area contributed by atoms with E-state index in [-0.39, 0.29) is 4.91 Å². The number of H-pyrrole nitrogens is 1. The molecule has 2 N–H and O–H groups in total. The standard InChI is InChI=1S/C18H14ClN3O3S/c1-25-14-5-3-2-4-12(14)10-15(17(23)24)26-18-20-16(21-22-18)11-6-8-13(19)9-7-11/h2-10H,1H3,(H,23,24)(H,20,21,22)/b15-10-. The van der Waals surface area contributed by atoms with Crippen molar-refractivity contribution in [1.29, 1.82) is 0 Å². The lowest BCUT2D eigenvalue weighted by molar-refractivity contribution is -0.131. The summed E-state index contributed by atoms with van der Waals surface area (Å²) in [5.41, 5.74) is 1.47. The summed E-state index contributed by atoms with van der Waals surface area (Å²) in [5.74, 6) is 0.0497. The van der Waals surface area contributed by atoms with E-state index >= 15 is 0 Å². The Kier molecular flexibility index (Phi) is 5.60. The minimum Gasteiger partial charge on any atom is -0.496 e. The number of aromatic nitrogens is 3. The number of aromatic amines is 1. The smallest absolute Gasteiger partial charge is 0.342 e. The second kappa shape index (κ2) is 8.07. The quantitative estimate of drug-likeness (QED) is 0.483. The Hall–Kier alpha value is -2.77. The Bertz CT molecular complexity index is 954. The zero-order valence-corrected chi connectivity index (χ0v) is 15.2. The maximum Gasteiger partial charge on any atom is 0.342 e. The van der Waals surface area contributed by atoms with Gasteiger partial charge in [-0.2, -0.15) is 0 Å². The highest BCUT2D eigenvalue weighted by molar-refractivity contribution is 8.04. The second-order valence-electron chi connectivity index (χ2n) is 5.13. The van der Waals surface area contributed by atoms with Gasteiger partial charge in [0, 0.05) is 16.1 Å². The van der Waals surface area contributed by atoms with Gasteiger partial charge in [-0.1, -0.05) is 29.8 Å². The lowest BCUT2D eigenvalue weighted by Gasteiger charge is -2.05. The van der Waals surface area contributed by atoms with Crippen LogP contribution in [0.1, 0.15) is 5.56 Å². The molecular weight excluding hydrogens is 374 g/mol. The molecule has 0 aliphatic carbocycles. The zero-order chi connectivity index (χ0) is 18.5. The largest absolute Gasteiger partial charge is 0.496 e. The van der Waals surface area contributed by atoms with Crippen LogP contribution in [0.3, 0.4) is 0 Å². The fraction of sp³-hybridized carbons (Fsp3) is 0.0556. The Morgan fingerprint density at radius 3 is 2.65 bits per heavy atom. The first-order valence-corrected chi connectivity index (χ1v) is 8.70. The maximum absolute atomic E-state index is 11.6. The summed E-state index contributed by atoms with van der Waals surface area (Å²) in [6.45, 7) is 0. The summed E-state index contributed by atoms with van der Waals surface area (Å²) in [5, 5.41) is 17.3. The Morgan fingerprint density at radius 2 is 1.96 bits per heavy atom. The van der Waals surface area contributed by atoms with Crippen LogP contribution < -0.4 is 4.74 Å². The predicted molar refractivity (Wildman–Crippen MR) is 101 cm³/mol. The number of halogens is 1. The lowest BCUT2D eigenvalue weighted by Crippen LogP contribution is -1.98. The van der Waals surface area contributed by atoms with E-state index in [1.54, 1.807) is 36.4 Å². The van der Waals surface area contributed by atoms with E-state index in [0.717, 1.165) is 17.3 Å². The SMILES string of the molecule is COc1ccccc1/C=C(\Sc1n[nH]c(-c2ccc(Cl)cc2)n1)C(=O)O. The van der Waals surface area contributed by atoms with Gasteiger partial charge in [-0.25, -0.2) is 9.78 Å². The molecule has 0 unspecified atom stereocenters. The van der Waals surface area contributed by atoms with Crippen molar-refractivity contribution >= 4 is 35.4 Å². The molecular formula is C18H14ClN3O3S. The van der Waals surface area contributed by atoms with E-state index in [2.05, 4.69) is 15.2 Å². The van der Waals surface area contributed by atoms with Crippen molar-refractivity contribution < 1.29 is 14.6 Å². The Labute approximate surface area is 158 Å². The molecule has 0 atom stereocenters. The number of benzene rings is 2. The van der Waals surface area contributed by atoms with E-state index in [1.165, 1.54) is 13.2 Å². The van der Waals surface area contributed by atoms with Crippen LogP contribution in [0.4, 0.5) is 0 Å². The summed E-state index contributed by atoms with van der Waals surface area (Å²) in [6.07, 6.45) is 1.53. The van der Waals surface area contributed by atoms with Crippen LogP contribution >= 0.6 is 23.4 Å². The molecule has 0 bridgehead atoms. The molecule has 0 saturated heterocycles. The predicted octanol–water partition coefficient (Wildman–Crippen LogP) is 4.35. The number of thioether (sulfide) groups is 1. The van der Waals surface area contributed by atoms with E-state index < -0.39 is 5.97 Å². The minimum atomic E-state index is -1.07. The molecule has 1 heterocycles. The van der Waals surface area contributed by atoms with Crippen LogP contribution in [0.5, 0.6) is 5.75 Å². The van der Waals surface area contributed by atoms with E-state index in [0.29, 0.717) is 27.3 Å². The summed E-state index contributed by atoms with van der Waals surface area (Å²) in [7, 11) is 1.54. The van der Waals surface area contributed by atoms with Gasteiger partial charge in [0.15, 0.2) is 5.82 Å². The molecule has 2 aromatic carbocycles. The monoisotopic (exact) mass is 387 g/mol. The molecule has 0 aliphatic rings. The van der Waals surface area contributed by atoms with Crippen molar-refractivity contribution in [2.45, 2.75) is 5.16 Å². The van der Waals surface area contributed by atoms with Crippen molar-refractivity contribution in [3.8, 4) is 17.1 Å². The third-order valence-electron chi connectivity index (χ3n) is 3.42. The Balaban J connectivity index is 1.86. The highest BCUT2D eigenvalue weighted by atomic mass is 35.5. The fourth-order valence-corrected chi connectivity index (χ4v) is 3.01. The molecule has 0 aliphatic heterocycles. The third kappa shape index (κ3) is 4.25. The first kappa shape index (κ1) is 18.0. The van der Waals surface area contributed by atoms with E-state index in [1.807, 2.05) is 12.1 Å². The number of rotatable bonds is 6. The summed E-state index contributed by atoms with van der Waals surface area (Å²) in [6, 6.07) is 14.3. The number of hydrogen-bond acceptors (Lipinski definition) is 5. The fourth-order valence-electron chi connectivity index (χ4n) is 2.19. The molecule has 6 nitrogen and oxygen atoms in total. The number of hydrogen-bond donors (Lipinski definition) is 2. The number of methoxy groups -OCH3 is 1. The molecule has 26 heavy (non-hydrogen) atoms. The van der Waals surface area contributed by atoms with Crippen molar-refractivity contribution in [1.82, 2.24) is 15.2 Å². The first-order chi connectivity index (χ1) is 12.6. The van der Waals surface area contributed by atoms with Crippen LogP contribution in [-0.4, -0.2) is 33.4 Å². The van der Waals surface area contributed by atoms with Gasteiger partial charge in [-0.15, -0.1) is 5.10 Å². The van der Waals surface area contributed by atoms with Gasteiger partial charge in [0.25, 0.3) is 0 Å². The van der Waals surface area contributed by atoms with Crippen molar-refractivity contribution in [2.24, 2.45) is 0 Å². The van der Waals surface area contributed by atoms with Gasteiger partial charge < -0.3 is 9.84 Å². The van der Waals surface area contributed by atoms with Crippen LogP contribution in [0.25, 0.3) is 17.5 Å². The van der Waals surface area contributed by atoms with Gasteiger partial charge >= 0.3 is 5.97 Å². The molecule has 0 fully saturated rings. The molecule has 3 rings (SSSR count). The molecule has 0 spiro atoms. The second-order valence-corrected chi connectivity index (χ2v) is 6.58. The van der Waals surface area contributed by atoms with Gasteiger partial charge in [-0.05, 0) is 48.2 Å². The van der Waals surface area contributed by atoms with Crippen LogP contribution in [0.15, 0.2) is 58.6 Å². The normalized spacial score (nSPS) is 11.4. The number of nitrogens with zero attached hydrogens (tertiary/aromatic N) is 2. The van der Waals surface area contributed by atoms with Crippen LogP contribution in [0.2, 0.25) is 5.02 Å². The van der Waals surface area contributed by atoms with E-state index in [9.17, 15) is 9.90 Å². The first-order valence-electron chi connectivity index (χ1n) is 7.51. The van der Waals surface area contributed by atoms with Gasteiger partial charge in [-0.3, -0.25) is 5.10 Å². The highest BCUT2D eigenvalue weighted by Crippen LogP contribution is 2.30. The number of para-hydroxylation sites is 1. The average Bonchev–Trinajstić information content (AvgIpc) is 3.10. The van der Waals surface area contributed by atoms with Gasteiger partial charge in [0.2, 0.25) is 5.16 Å². The number of carbonyl (C=O) groups is 1. The number of aliphatic carboxylic acids is 1. The van der Waals surface area contributed by atoms with Gasteiger partial charge in [0.05, 0.1) is 7.11 Å². The molecule has 8 heteroatoms. The summed E-state index contributed by atoms with van der Waals surface area (Å²) in [4.78, 5) is 16.0. The number of carboxylic acids is 1. The molecule has 1 aromatic heterocycles. The lowest BCUT2D eigenvalue weighted by atomic mass is 10.2. The summed E-state index contributed by atoms with van der Waals surface area (Å²) >= 11 is 6.83. The number of nitrogens with one attached hydrogen (secondary N) is 1. The highest BCUT2D eigenvalue weighted by Gasteiger charge is 2.15. The van der Waals surface area contributed by atoms with Crippen LogP contribution in [0, 0.1) is 0 Å². The van der Waals surface area contributed by atoms with Crippen LogP contribution in [-0.2, 0) is 4.79 Å². The molecule has 132 valence electrons. The molecule has 3 aromatic rings. The topological polar surface area (TPSA) is 88.1 Å². The minimum absolute atomic E-state index is 0.0798. The van der Waals surface area contributed by atoms with Crippen molar-refractivity contribution in [3.63, 3.8) is 0 Å². The zero-order valence-electron chi connectivity index (χ0n) is 13.6. The van der Waals surface area contributed by atoms with Crippen molar-refractivity contribution in [3.05, 3.63) is 64.0 Å². The average molecular weight is 388 g/mol. The van der Waals surface area contributed by atoms with Gasteiger partial charge in [0.1, 0.15) is 10.7 Å². The number of carboxylic acid groups (broad SMARTS) is 1. The number of ether oxygens (including phenoxy) is 1. The summed E-state index contributed by atoms with van der Waals surface area (Å²) < 4.78 is 5.25. The van der Waals surface area contributed by atoms with E-state index in [4.69, 9.17) is 16.3 Å². The molecule has 0 saturated carbocycles. The third-order valence-corrected chi connectivity index (χ3v) is 4.55.